The molecular formula is C23H27N3O4. The minimum Gasteiger partial charge on any atom is -0.493 e. The van der Waals surface area contributed by atoms with Crippen molar-refractivity contribution >= 4 is 11.8 Å². The third-order valence-electron chi connectivity index (χ3n) is 5.70. The molecule has 1 fully saturated rings. The van der Waals surface area contributed by atoms with E-state index in [9.17, 15) is 9.59 Å². The fraction of sp³-hybridized carbons (Fsp3) is 0.435. The van der Waals surface area contributed by atoms with Gasteiger partial charge in [-0.1, -0.05) is 18.2 Å². The number of nitrogens with zero attached hydrogens (tertiary/aromatic N) is 3. The Bertz CT molecular complexity index is 903. The Labute approximate surface area is 176 Å². The lowest BCUT2D eigenvalue weighted by Gasteiger charge is -2.35. The average molecular weight is 409 g/mol. The van der Waals surface area contributed by atoms with Gasteiger partial charge in [-0.05, 0) is 31.0 Å². The first-order chi connectivity index (χ1) is 14.7. The second-order valence-corrected chi connectivity index (χ2v) is 7.74. The maximum absolute atomic E-state index is 13.4. The number of likely N-dealkylation sites (tertiary alicyclic amines) is 1. The van der Waals surface area contributed by atoms with Crippen LogP contribution in [0.15, 0.2) is 42.6 Å². The summed E-state index contributed by atoms with van der Waals surface area (Å²) >= 11 is 0. The van der Waals surface area contributed by atoms with Crippen molar-refractivity contribution < 1.29 is 19.1 Å². The SMILES string of the molecule is COc1cccc2c1OCCCN(C(=O)[C@@H]1CCC(=O)N(Cc3ccccn3)C1)C2. The Morgan fingerprint density at radius 1 is 1.27 bits per heavy atom. The van der Waals surface area contributed by atoms with Gasteiger partial charge in [0, 0.05) is 37.8 Å². The summed E-state index contributed by atoms with van der Waals surface area (Å²) in [4.78, 5) is 33.8. The second-order valence-electron chi connectivity index (χ2n) is 7.74. The highest BCUT2D eigenvalue weighted by molar-refractivity contribution is 5.84. The molecule has 0 saturated carbocycles. The number of methoxy groups -OCH3 is 1. The van der Waals surface area contributed by atoms with Gasteiger partial charge >= 0.3 is 0 Å². The van der Waals surface area contributed by atoms with Crippen LogP contribution < -0.4 is 9.47 Å². The third kappa shape index (κ3) is 4.40. The number of para-hydroxylation sites is 1. The number of carbonyl (C=O) groups is 2. The maximum Gasteiger partial charge on any atom is 0.227 e. The summed E-state index contributed by atoms with van der Waals surface area (Å²) in [6.45, 7) is 2.53. The van der Waals surface area contributed by atoms with Gasteiger partial charge in [0.1, 0.15) is 0 Å². The van der Waals surface area contributed by atoms with Crippen LogP contribution in [0, 0.1) is 5.92 Å². The van der Waals surface area contributed by atoms with Crippen molar-refractivity contribution in [1.29, 1.82) is 0 Å². The minimum absolute atomic E-state index is 0.0841. The molecule has 1 saturated heterocycles. The van der Waals surface area contributed by atoms with E-state index in [0.717, 1.165) is 17.7 Å². The highest BCUT2D eigenvalue weighted by Crippen LogP contribution is 2.34. The van der Waals surface area contributed by atoms with E-state index in [4.69, 9.17) is 9.47 Å². The molecule has 7 heteroatoms. The molecule has 0 aliphatic carbocycles. The molecule has 1 atom stereocenters. The van der Waals surface area contributed by atoms with E-state index in [0.29, 0.717) is 57.1 Å². The Kier molecular flexibility index (Phi) is 6.16. The standard InChI is InChI=1S/C23H27N3O4/c1-29-20-8-4-6-17-14-25(12-5-13-30-22(17)20)23(28)18-9-10-21(27)26(15-18)16-19-7-2-3-11-24-19/h2-4,6-8,11,18H,5,9-10,12-16H2,1H3/t18-/m1/s1. The number of aromatic nitrogens is 1. The van der Waals surface area contributed by atoms with Gasteiger partial charge in [0.05, 0.1) is 31.9 Å². The predicted octanol–water partition coefficient (Wildman–Crippen LogP) is 2.64. The van der Waals surface area contributed by atoms with E-state index in [1.54, 1.807) is 18.2 Å². The lowest BCUT2D eigenvalue weighted by Crippen LogP contribution is -2.47. The Hall–Kier alpha value is -3.09. The van der Waals surface area contributed by atoms with Crippen LogP contribution in [0.3, 0.4) is 0 Å². The first kappa shape index (κ1) is 20.2. The zero-order valence-corrected chi connectivity index (χ0v) is 17.3. The van der Waals surface area contributed by atoms with Crippen LogP contribution in [0.4, 0.5) is 0 Å². The monoisotopic (exact) mass is 409 g/mol. The molecule has 2 amide bonds. The molecule has 0 N–H and O–H groups in total. The Morgan fingerprint density at radius 2 is 2.17 bits per heavy atom. The van der Waals surface area contributed by atoms with Crippen LogP contribution in [0.2, 0.25) is 0 Å². The molecular weight excluding hydrogens is 382 g/mol. The largest absolute Gasteiger partial charge is 0.493 e. The molecule has 30 heavy (non-hydrogen) atoms. The summed E-state index contributed by atoms with van der Waals surface area (Å²) in [6.07, 6.45) is 3.46. The molecule has 158 valence electrons. The number of pyridine rings is 1. The quantitative estimate of drug-likeness (QED) is 0.776. The summed E-state index contributed by atoms with van der Waals surface area (Å²) in [7, 11) is 1.62. The Morgan fingerprint density at radius 3 is 2.97 bits per heavy atom. The molecule has 0 unspecified atom stereocenters. The number of amides is 2. The summed E-state index contributed by atoms with van der Waals surface area (Å²) in [5, 5.41) is 0. The molecule has 2 aromatic rings. The van der Waals surface area contributed by atoms with E-state index in [1.165, 1.54) is 0 Å². The van der Waals surface area contributed by atoms with Gasteiger partial charge in [-0.2, -0.15) is 0 Å². The van der Waals surface area contributed by atoms with Gasteiger partial charge in [0.15, 0.2) is 11.5 Å². The number of fused-ring (bicyclic) bond motifs is 1. The van der Waals surface area contributed by atoms with Crippen LogP contribution in [0.1, 0.15) is 30.5 Å². The molecule has 1 aromatic heterocycles. The van der Waals surface area contributed by atoms with Crippen molar-refractivity contribution in [3.63, 3.8) is 0 Å². The van der Waals surface area contributed by atoms with Crippen molar-refractivity contribution in [2.45, 2.75) is 32.4 Å². The van der Waals surface area contributed by atoms with Gasteiger partial charge in [-0.25, -0.2) is 0 Å². The van der Waals surface area contributed by atoms with Crippen molar-refractivity contribution in [3.8, 4) is 11.5 Å². The molecule has 1 aromatic carbocycles. The van der Waals surface area contributed by atoms with Crippen LogP contribution >= 0.6 is 0 Å². The lowest BCUT2D eigenvalue weighted by atomic mass is 9.95. The number of hydrogen-bond donors (Lipinski definition) is 0. The first-order valence-electron chi connectivity index (χ1n) is 10.4. The summed E-state index contributed by atoms with van der Waals surface area (Å²) in [6, 6.07) is 11.4. The van der Waals surface area contributed by atoms with Gasteiger partial charge in [-0.15, -0.1) is 0 Å². The minimum atomic E-state index is -0.194. The molecule has 4 rings (SSSR count). The van der Waals surface area contributed by atoms with Crippen LogP contribution in [-0.2, 0) is 22.7 Å². The van der Waals surface area contributed by atoms with Crippen molar-refractivity contribution in [2.24, 2.45) is 5.92 Å². The molecule has 7 nitrogen and oxygen atoms in total. The van der Waals surface area contributed by atoms with Crippen LogP contribution in [0.25, 0.3) is 0 Å². The fourth-order valence-electron chi connectivity index (χ4n) is 4.13. The number of piperidine rings is 1. The number of rotatable bonds is 4. The molecule has 0 bridgehead atoms. The summed E-state index contributed by atoms with van der Waals surface area (Å²) < 4.78 is 11.3. The highest BCUT2D eigenvalue weighted by atomic mass is 16.5. The van der Waals surface area contributed by atoms with Crippen molar-refractivity contribution in [3.05, 3.63) is 53.9 Å². The smallest absolute Gasteiger partial charge is 0.227 e. The molecule has 0 radical (unpaired) electrons. The highest BCUT2D eigenvalue weighted by Gasteiger charge is 2.33. The summed E-state index contributed by atoms with van der Waals surface area (Å²) in [5.41, 5.74) is 1.78. The molecule has 3 heterocycles. The zero-order chi connectivity index (χ0) is 20.9. The van der Waals surface area contributed by atoms with Gasteiger partial charge in [0.2, 0.25) is 11.8 Å². The van der Waals surface area contributed by atoms with Crippen LogP contribution in [0.5, 0.6) is 11.5 Å². The Balaban J connectivity index is 1.48. The van der Waals surface area contributed by atoms with Gasteiger partial charge < -0.3 is 19.3 Å². The van der Waals surface area contributed by atoms with E-state index in [1.807, 2.05) is 41.3 Å². The maximum atomic E-state index is 13.4. The molecule has 2 aliphatic rings. The van der Waals surface area contributed by atoms with Crippen molar-refractivity contribution in [2.75, 3.05) is 26.8 Å². The topological polar surface area (TPSA) is 72.0 Å². The van der Waals surface area contributed by atoms with E-state index < -0.39 is 0 Å². The fourth-order valence-corrected chi connectivity index (χ4v) is 4.13. The normalized spacial score (nSPS) is 19.4. The summed E-state index contributed by atoms with van der Waals surface area (Å²) in [5.74, 6) is 1.39. The molecule has 0 spiro atoms. The van der Waals surface area contributed by atoms with Crippen molar-refractivity contribution in [1.82, 2.24) is 14.8 Å². The second kappa shape index (κ2) is 9.15. The predicted molar refractivity (Wildman–Crippen MR) is 111 cm³/mol. The van der Waals surface area contributed by atoms with Gasteiger partial charge in [0.25, 0.3) is 0 Å². The first-order valence-corrected chi connectivity index (χ1v) is 10.4. The number of carbonyl (C=O) groups excluding carboxylic acids is 2. The lowest BCUT2D eigenvalue weighted by molar-refractivity contribution is -0.144. The zero-order valence-electron chi connectivity index (χ0n) is 17.3. The number of benzene rings is 1. The van der Waals surface area contributed by atoms with E-state index >= 15 is 0 Å². The number of hydrogen-bond acceptors (Lipinski definition) is 5. The average Bonchev–Trinajstić information content (AvgIpc) is 2.75. The number of ether oxygens (including phenoxy) is 2. The van der Waals surface area contributed by atoms with Gasteiger partial charge in [-0.3, -0.25) is 14.6 Å². The van der Waals surface area contributed by atoms with Crippen LogP contribution in [-0.4, -0.2) is 53.4 Å². The third-order valence-corrected chi connectivity index (χ3v) is 5.70. The van der Waals surface area contributed by atoms with E-state index in [2.05, 4.69) is 4.98 Å². The van der Waals surface area contributed by atoms with E-state index in [-0.39, 0.29) is 17.7 Å². The molecule has 2 aliphatic heterocycles.